The van der Waals surface area contributed by atoms with Gasteiger partial charge in [-0.3, -0.25) is 0 Å². The third kappa shape index (κ3) is 3.11. The van der Waals surface area contributed by atoms with Gasteiger partial charge in [-0.1, -0.05) is 21.9 Å². The normalized spacial score (nSPS) is 9.14. The summed E-state index contributed by atoms with van der Waals surface area (Å²) in [4.78, 5) is 10.2. The zero-order valence-electron chi connectivity index (χ0n) is 7.16. The number of halogens is 1. The molecule has 0 radical (unpaired) electrons. The van der Waals surface area contributed by atoms with Gasteiger partial charge in [-0.25, -0.2) is 4.79 Å². The summed E-state index contributed by atoms with van der Waals surface area (Å²) >= 11 is 3.24. The van der Waals surface area contributed by atoms with Crippen LogP contribution in [0, 0.1) is 12.3 Å². The molecule has 0 fully saturated rings. The molecule has 0 saturated carbocycles. The molecule has 0 aliphatic rings. The van der Waals surface area contributed by atoms with Crippen molar-refractivity contribution in [3.63, 3.8) is 0 Å². The molecule has 0 saturated heterocycles. The first-order valence-electron chi connectivity index (χ1n) is 3.73. The fraction of sp³-hybridized carbons (Fsp3) is 0.100. The lowest BCUT2D eigenvalue weighted by molar-refractivity contribution is -0.139. The van der Waals surface area contributed by atoms with E-state index in [1.54, 1.807) is 18.2 Å². The second-order valence-corrected chi connectivity index (χ2v) is 3.42. The fourth-order valence-corrected chi connectivity index (χ4v) is 1.35. The molecule has 1 N–H and O–H groups in total. The van der Waals surface area contributed by atoms with E-state index in [2.05, 4.69) is 21.9 Å². The van der Waals surface area contributed by atoms with Gasteiger partial charge >= 0.3 is 5.97 Å². The monoisotopic (exact) mass is 254 g/mol. The van der Waals surface area contributed by atoms with Crippen molar-refractivity contribution in [2.75, 3.05) is 6.61 Å². The van der Waals surface area contributed by atoms with Gasteiger partial charge in [-0.2, -0.15) is 0 Å². The van der Waals surface area contributed by atoms with E-state index in [1.165, 1.54) is 0 Å². The fourth-order valence-electron chi connectivity index (χ4n) is 0.874. The third-order valence-corrected chi connectivity index (χ3v) is 1.86. The van der Waals surface area contributed by atoms with E-state index < -0.39 is 5.97 Å². The molecule has 1 aromatic rings. The number of carboxylic acid groups (broad SMARTS) is 1. The van der Waals surface area contributed by atoms with Crippen molar-refractivity contribution in [1.29, 1.82) is 0 Å². The number of carbonyl (C=O) groups is 1. The largest absolute Gasteiger partial charge is 0.482 e. The van der Waals surface area contributed by atoms with Crippen LogP contribution in [0.25, 0.3) is 0 Å². The number of hydrogen-bond acceptors (Lipinski definition) is 2. The standard InChI is InChI=1S/C10H7BrO3/c1-2-7-3-8(11)5-9(4-7)14-6-10(12)13/h1,3-5H,6H2,(H,12,13). The van der Waals surface area contributed by atoms with Gasteiger partial charge in [0.2, 0.25) is 0 Å². The van der Waals surface area contributed by atoms with Crippen molar-refractivity contribution in [2.24, 2.45) is 0 Å². The highest BCUT2D eigenvalue weighted by Gasteiger charge is 2.01. The van der Waals surface area contributed by atoms with Gasteiger partial charge in [-0.05, 0) is 18.2 Å². The highest BCUT2D eigenvalue weighted by atomic mass is 79.9. The third-order valence-electron chi connectivity index (χ3n) is 1.40. The number of hydrogen-bond donors (Lipinski definition) is 1. The van der Waals surface area contributed by atoms with Gasteiger partial charge < -0.3 is 9.84 Å². The Morgan fingerprint density at radius 3 is 2.86 bits per heavy atom. The van der Waals surface area contributed by atoms with Crippen LogP contribution < -0.4 is 4.74 Å². The van der Waals surface area contributed by atoms with Crippen LogP contribution in [-0.2, 0) is 4.79 Å². The molecular weight excluding hydrogens is 248 g/mol. The number of terminal acetylenes is 1. The Hall–Kier alpha value is -1.47. The zero-order chi connectivity index (χ0) is 10.6. The summed E-state index contributed by atoms with van der Waals surface area (Å²) in [6.45, 7) is -0.375. The Balaban J connectivity index is 2.82. The quantitative estimate of drug-likeness (QED) is 0.839. The summed E-state index contributed by atoms with van der Waals surface area (Å²) < 4.78 is 5.72. The highest BCUT2D eigenvalue weighted by molar-refractivity contribution is 9.10. The van der Waals surface area contributed by atoms with E-state index in [4.69, 9.17) is 16.3 Å². The van der Waals surface area contributed by atoms with Crippen LogP contribution in [-0.4, -0.2) is 17.7 Å². The van der Waals surface area contributed by atoms with Gasteiger partial charge in [0.15, 0.2) is 6.61 Å². The second-order valence-electron chi connectivity index (χ2n) is 2.50. The minimum atomic E-state index is -1.02. The summed E-state index contributed by atoms with van der Waals surface area (Å²) in [6, 6.07) is 5.01. The molecule has 1 rings (SSSR count). The maximum atomic E-state index is 10.2. The molecule has 0 aromatic heterocycles. The summed E-state index contributed by atoms with van der Waals surface area (Å²) in [5, 5.41) is 8.39. The molecule has 1 aromatic carbocycles. The van der Waals surface area contributed by atoms with Crippen molar-refractivity contribution in [3.05, 3.63) is 28.2 Å². The van der Waals surface area contributed by atoms with Crippen LogP contribution in [0.1, 0.15) is 5.56 Å². The number of aliphatic carboxylic acids is 1. The van der Waals surface area contributed by atoms with Crippen molar-refractivity contribution in [1.82, 2.24) is 0 Å². The Bertz CT molecular complexity index is 393. The molecule has 0 spiro atoms. The summed E-state index contributed by atoms with van der Waals surface area (Å²) in [5.41, 5.74) is 0.639. The van der Waals surface area contributed by atoms with Crippen molar-refractivity contribution in [3.8, 4) is 18.1 Å². The average molecular weight is 255 g/mol. The van der Waals surface area contributed by atoms with Gasteiger partial charge in [0.25, 0.3) is 0 Å². The van der Waals surface area contributed by atoms with Crippen molar-refractivity contribution < 1.29 is 14.6 Å². The Morgan fingerprint density at radius 1 is 1.57 bits per heavy atom. The predicted octanol–water partition coefficient (Wildman–Crippen LogP) is 1.89. The number of ether oxygens (including phenoxy) is 1. The van der Waals surface area contributed by atoms with Gasteiger partial charge in [0, 0.05) is 10.0 Å². The van der Waals surface area contributed by atoms with Crippen LogP contribution >= 0.6 is 15.9 Å². The van der Waals surface area contributed by atoms with E-state index in [1.807, 2.05) is 0 Å². The Morgan fingerprint density at radius 2 is 2.29 bits per heavy atom. The molecule has 4 heteroatoms. The van der Waals surface area contributed by atoms with Gasteiger partial charge in [0.05, 0.1) is 0 Å². The summed E-state index contributed by atoms with van der Waals surface area (Å²) in [5.74, 6) is 1.86. The SMILES string of the molecule is C#Cc1cc(Br)cc(OCC(=O)O)c1. The number of rotatable bonds is 3. The average Bonchev–Trinajstić information content (AvgIpc) is 2.14. The Labute approximate surface area is 89.8 Å². The molecule has 0 heterocycles. The van der Waals surface area contributed by atoms with Crippen molar-refractivity contribution in [2.45, 2.75) is 0 Å². The summed E-state index contributed by atoms with van der Waals surface area (Å²) in [6.07, 6.45) is 5.20. The first-order valence-corrected chi connectivity index (χ1v) is 4.53. The van der Waals surface area contributed by atoms with Crippen LogP contribution in [0.4, 0.5) is 0 Å². The van der Waals surface area contributed by atoms with Crippen LogP contribution in [0.2, 0.25) is 0 Å². The molecular formula is C10H7BrO3. The molecule has 0 unspecified atom stereocenters. The van der Waals surface area contributed by atoms with Crippen LogP contribution in [0.5, 0.6) is 5.75 Å². The molecule has 14 heavy (non-hydrogen) atoms. The van der Waals surface area contributed by atoms with Gasteiger partial charge in [0.1, 0.15) is 5.75 Å². The maximum absolute atomic E-state index is 10.2. The smallest absolute Gasteiger partial charge is 0.341 e. The topological polar surface area (TPSA) is 46.5 Å². The molecule has 0 amide bonds. The van der Waals surface area contributed by atoms with Gasteiger partial charge in [-0.15, -0.1) is 6.42 Å². The first kappa shape index (κ1) is 10.6. The lowest BCUT2D eigenvalue weighted by Gasteiger charge is -2.04. The summed E-state index contributed by atoms with van der Waals surface area (Å²) in [7, 11) is 0. The molecule has 0 bridgehead atoms. The Kier molecular flexibility index (Phi) is 3.55. The van der Waals surface area contributed by atoms with E-state index in [-0.39, 0.29) is 6.61 Å². The molecule has 0 aliphatic carbocycles. The number of benzene rings is 1. The van der Waals surface area contributed by atoms with Crippen molar-refractivity contribution >= 4 is 21.9 Å². The molecule has 0 atom stereocenters. The number of carboxylic acids is 1. The molecule has 72 valence electrons. The predicted molar refractivity (Wildman–Crippen MR) is 55.2 cm³/mol. The minimum absolute atomic E-state index is 0.375. The maximum Gasteiger partial charge on any atom is 0.341 e. The highest BCUT2D eigenvalue weighted by Crippen LogP contribution is 2.20. The van der Waals surface area contributed by atoms with E-state index >= 15 is 0 Å². The minimum Gasteiger partial charge on any atom is -0.482 e. The lowest BCUT2D eigenvalue weighted by Crippen LogP contribution is -2.09. The molecule has 3 nitrogen and oxygen atoms in total. The van der Waals surface area contributed by atoms with Crippen LogP contribution in [0.15, 0.2) is 22.7 Å². The lowest BCUT2D eigenvalue weighted by atomic mass is 10.2. The van der Waals surface area contributed by atoms with E-state index in [0.29, 0.717) is 11.3 Å². The first-order chi connectivity index (χ1) is 6.61. The van der Waals surface area contributed by atoms with E-state index in [9.17, 15) is 4.79 Å². The second kappa shape index (κ2) is 4.68. The van der Waals surface area contributed by atoms with Crippen LogP contribution in [0.3, 0.4) is 0 Å². The zero-order valence-corrected chi connectivity index (χ0v) is 8.74. The van der Waals surface area contributed by atoms with E-state index in [0.717, 1.165) is 4.47 Å². The molecule has 0 aliphatic heterocycles.